The van der Waals surface area contributed by atoms with E-state index < -0.39 is 5.60 Å². The van der Waals surface area contributed by atoms with E-state index in [2.05, 4.69) is 10.4 Å². The van der Waals surface area contributed by atoms with Crippen LogP contribution in [0, 0.1) is 0 Å². The SMILES string of the molecule is CCn1cc(C(C)(O)CNCCOC)cn1. The van der Waals surface area contributed by atoms with Gasteiger partial charge in [-0.1, -0.05) is 0 Å². The summed E-state index contributed by atoms with van der Waals surface area (Å²) in [6.07, 6.45) is 3.58. The maximum absolute atomic E-state index is 10.2. The van der Waals surface area contributed by atoms with Gasteiger partial charge in [-0.3, -0.25) is 4.68 Å². The van der Waals surface area contributed by atoms with Gasteiger partial charge in [0.05, 0.1) is 12.8 Å². The van der Waals surface area contributed by atoms with Crippen molar-refractivity contribution >= 4 is 0 Å². The number of ether oxygens (including phenoxy) is 1. The third kappa shape index (κ3) is 3.59. The van der Waals surface area contributed by atoms with E-state index in [1.165, 1.54) is 0 Å². The number of nitrogens with one attached hydrogen (secondary N) is 1. The predicted molar refractivity (Wildman–Crippen MR) is 62.2 cm³/mol. The summed E-state index contributed by atoms with van der Waals surface area (Å²) in [6.45, 7) is 6.48. The summed E-state index contributed by atoms with van der Waals surface area (Å²) in [4.78, 5) is 0. The van der Waals surface area contributed by atoms with Gasteiger partial charge in [0.2, 0.25) is 0 Å². The molecule has 1 atom stereocenters. The fourth-order valence-corrected chi connectivity index (χ4v) is 1.42. The fourth-order valence-electron chi connectivity index (χ4n) is 1.42. The van der Waals surface area contributed by atoms with E-state index in [1.807, 2.05) is 13.1 Å². The number of methoxy groups -OCH3 is 1. The van der Waals surface area contributed by atoms with Crippen LogP contribution in [0.15, 0.2) is 12.4 Å². The van der Waals surface area contributed by atoms with Crippen molar-refractivity contribution in [2.45, 2.75) is 26.0 Å². The van der Waals surface area contributed by atoms with Gasteiger partial charge < -0.3 is 15.2 Å². The Morgan fingerprint density at radius 1 is 1.62 bits per heavy atom. The number of hydrogen-bond donors (Lipinski definition) is 2. The Hall–Kier alpha value is -0.910. The van der Waals surface area contributed by atoms with Crippen LogP contribution in [0.4, 0.5) is 0 Å². The monoisotopic (exact) mass is 227 g/mol. The lowest BCUT2D eigenvalue weighted by atomic mass is 10.00. The molecular formula is C11H21N3O2. The van der Waals surface area contributed by atoms with Crippen molar-refractivity contribution in [3.63, 3.8) is 0 Å². The molecule has 0 aliphatic heterocycles. The van der Waals surface area contributed by atoms with Crippen LogP contribution >= 0.6 is 0 Å². The van der Waals surface area contributed by atoms with E-state index in [0.29, 0.717) is 13.2 Å². The minimum Gasteiger partial charge on any atom is -0.384 e. The van der Waals surface area contributed by atoms with Crippen LogP contribution in [0.2, 0.25) is 0 Å². The molecule has 0 radical (unpaired) electrons. The molecule has 0 saturated carbocycles. The lowest BCUT2D eigenvalue weighted by molar-refractivity contribution is 0.0549. The fraction of sp³-hybridized carbons (Fsp3) is 0.727. The van der Waals surface area contributed by atoms with Crippen LogP contribution in [-0.4, -0.2) is 41.7 Å². The van der Waals surface area contributed by atoms with Crippen LogP contribution in [0.25, 0.3) is 0 Å². The first-order chi connectivity index (χ1) is 7.60. The number of aromatic nitrogens is 2. The Morgan fingerprint density at radius 3 is 2.94 bits per heavy atom. The van der Waals surface area contributed by atoms with E-state index in [1.54, 1.807) is 24.9 Å². The number of rotatable bonds is 7. The van der Waals surface area contributed by atoms with Crippen molar-refractivity contribution < 1.29 is 9.84 Å². The second-order valence-electron chi connectivity index (χ2n) is 4.03. The summed E-state index contributed by atoms with van der Waals surface area (Å²) in [5, 5.41) is 17.5. The van der Waals surface area contributed by atoms with Gasteiger partial charge in [0.25, 0.3) is 0 Å². The molecule has 1 unspecified atom stereocenters. The highest BCUT2D eigenvalue weighted by molar-refractivity contribution is 5.14. The van der Waals surface area contributed by atoms with E-state index in [4.69, 9.17) is 4.74 Å². The molecule has 0 amide bonds. The van der Waals surface area contributed by atoms with Gasteiger partial charge in [-0.05, 0) is 13.8 Å². The molecule has 0 bridgehead atoms. The highest BCUT2D eigenvalue weighted by atomic mass is 16.5. The van der Waals surface area contributed by atoms with E-state index in [-0.39, 0.29) is 0 Å². The minimum atomic E-state index is -0.888. The topological polar surface area (TPSA) is 59.3 Å². The van der Waals surface area contributed by atoms with Crippen LogP contribution < -0.4 is 5.32 Å². The van der Waals surface area contributed by atoms with E-state index in [9.17, 15) is 5.11 Å². The molecule has 16 heavy (non-hydrogen) atoms. The first-order valence-electron chi connectivity index (χ1n) is 5.55. The zero-order chi connectivity index (χ0) is 12.0. The van der Waals surface area contributed by atoms with Gasteiger partial charge in [-0.25, -0.2) is 0 Å². The first-order valence-corrected chi connectivity index (χ1v) is 5.55. The zero-order valence-electron chi connectivity index (χ0n) is 10.2. The largest absolute Gasteiger partial charge is 0.384 e. The number of aliphatic hydroxyl groups is 1. The van der Waals surface area contributed by atoms with Gasteiger partial charge in [0, 0.05) is 38.5 Å². The third-order valence-corrected chi connectivity index (χ3v) is 2.53. The Morgan fingerprint density at radius 2 is 2.38 bits per heavy atom. The van der Waals surface area contributed by atoms with Gasteiger partial charge in [0.1, 0.15) is 5.60 Å². The van der Waals surface area contributed by atoms with Gasteiger partial charge in [-0.15, -0.1) is 0 Å². The van der Waals surface area contributed by atoms with Gasteiger partial charge in [0.15, 0.2) is 0 Å². The van der Waals surface area contributed by atoms with Crippen molar-refractivity contribution in [2.75, 3.05) is 26.8 Å². The van der Waals surface area contributed by atoms with Gasteiger partial charge >= 0.3 is 0 Å². The smallest absolute Gasteiger partial charge is 0.102 e. The quantitative estimate of drug-likeness (QED) is 0.660. The molecule has 0 saturated heterocycles. The highest BCUT2D eigenvalue weighted by Crippen LogP contribution is 2.18. The molecule has 1 aromatic heterocycles. The number of nitrogens with zero attached hydrogens (tertiary/aromatic N) is 2. The Balaban J connectivity index is 2.48. The third-order valence-electron chi connectivity index (χ3n) is 2.53. The normalized spacial score (nSPS) is 15.0. The Labute approximate surface area is 96.4 Å². The minimum absolute atomic E-state index is 0.492. The molecular weight excluding hydrogens is 206 g/mol. The molecule has 92 valence electrons. The summed E-state index contributed by atoms with van der Waals surface area (Å²) >= 11 is 0. The molecule has 1 aromatic rings. The maximum atomic E-state index is 10.2. The second kappa shape index (κ2) is 5.98. The average molecular weight is 227 g/mol. The highest BCUT2D eigenvalue weighted by Gasteiger charge is 2.24. The summed E-state index contributed by atoms with van der Waals surface area (Å²) in [5.41, 5.74) is -0.0551. The van der Waals surface area contributed by atoms with Crippen molar-refractivity contribution in [3.05, 3.63) is 18.0 Å². The van der Waals surface area contributed by atoms with Crippen LogP contribution in [0.1, 0.15) is 19.4 Å². The molecule has 0 aliphatic rings. The number of hydrogen-bond acceptors (Lipinski definition) is 4. The lowest BCUT2D eigenvalue weighted by Crippen LogP contribution is -2.36. The molecule has 2 N–H and O–H groups in total. The first kappa shape index (κ1) is 13.2. The van der Waals surface area contributed by atoms with Crippen molar-refractivity contribution in [1.82, 2.24) is 15.1 Å². The van der Waals surface area contributed by atoms with Crippen LogP contribution in [0.3, 0.4) is 0 Å². The zero-order valence-corrected chi connectivity index (χ0v) is 10.2. The molecule has 5 nitrogen and oxygen atoms in total. The molecule has 1 heterocycles. The average Bonchev–Trinajstić information content (AvgIpc) is 2.73. The summed E-state index contributed by atoms with van der Waals surface area (Å²) < 4.78 is 6.73. The van der Waals surface area contributed by atoms with E-state index in [0.717, 1.165) is 18.7 Å². The lowest BCUT2D eigenvalue weighted by Gasteiger charge is -2.22. The maximum Gasteiger partial charge on any atom is 0.102 e. The Kier molecular flexibility index (Phi) is 4.92. The Bertz CT molecular complexity index is 310. The summed E-state index contributed by atoms with van der Waals surface area (Å²) in [5.74, 6) is 0. The van der Waals surface area contributed by atoms with E-state index >= 15 is 0 Å². The molecule has 0 fully saturated rings. The van der Waals surface area contributed by atoms with Gasteiger partial charge in [-0.2, -0.15) is 5.10 Å². The molecule has 0 aromatic carbocycles. The molecule has 0 spiro atoms. The predicted octanol–water partition coefficient (Wildman–Crippen LogP) is 0.346. The standard InChI is InChI=1S/C11H21N3O2/c1-4-14-8-10(7-13-14)11(2,15)9-12-5-6-16-3/h7-8,12,15H,4-6,9H2,1-3H3. The molecule has 1 rings (SSSR count). The molecule has 5 heteroatoms. The van der Waals surface area contributed by atoms with Crippen LogP contribution in [0.5, 0.6) is 0 Å². The number of aryl methyl sites for hydroxylation is 1. The summed E-state index contributed by atoms with van der Waals surface area (Å²) in [7, 11) is 1.66. The molecule has 0 aliphatic carbocycles. The van der Waals surface area contributed by atoms with Crippen molar-refractivity contribution in [1.29, 1.82) is 0 Å². The summed E-state index contributed by atoms with van der Waals surface area (Å²) in [6, 6.07) is 0. The second-order valence-corrected chi connectivity index (χ2v) is 4.03. The van der Waals surface area contributed by atoms with Crippen molar-refractivity contribution in [3.8, 4) is 0 Å². The van der Waals surface area contributed by atoms with Crippen LogP contribution in [-0.2, 0) is 16.9 Å². The van der Waals surface area contributed by atoms with Crippen molar-refractivity contribution in [2.24, 2.45) is 0 Å².